The van der Waals surface area contributed by atoms with Crippen molar-refractivity contribution in [2.24, 2.45) is 11.8 Å². The average molecular weight is 447 g/mol. The van der Waals surface area contributed by atoms with Gasteiger partial charge < -0.3 is 9.42 Å². The number of carbonyl (C=O) groups excluding carboxylic acids is 1. The molecule has 0 spiro atoms. The van der Waals surface area contributed by atoms with Gasteiger partial charge in [-0.2, -0.15) is 4.98 Å². The van der Waals surface area contributed by atoms with Gasteiger partial charge >= 0.3 is 0 Å². The molecule has 2 aliphatic heterocycles. The lowest BCUT2D eigenvalue weighted by Crippen LogP contribution is -2.47. The number of likely N-dealkylation sites (tertiary alicyclic amines) is 2. The number of hydrogen-bond donors (Lipinski definition) is 0. The van der Waals surface area contributed by atoms with E-state index in [9.17, 15) is 4.79 Å². The number of nitrogens with zero attached hydrogens (tertiary/aromatic N) is 4. The second-order valence-corrected chi connectivity index (χ2v) is 9.04. The molecule has 2 fully saturated rings. The van der Waals surface area contributed by atoms with Gasteiger partial charge in [0.15, 0.2) is 0 Å². The van der Waals surface area contributed by atoms with Crippen molar-refractivity contribution in [3.8, 4) is 11.4 Å². The number of aromatic nitrogens is 2. The van der Waals surface area contributed by atoms with Gasteiger partial charge in [0.2, 0.25) is 17.6 Å². The van der Waals surface area contributed by atoms with Crippen molar-refractivity contribution in [3.05, 3.63) is 34.6 Å². The molecular weight excluding hydrogens is 420 g/mol. The zero-order chi connectivity index (χ0) is 19.5. The van der Waals surface area contributed by atoms with E-state index in [1.807, 2.05) is 24.3 Å². The largest absolute Gasteiger partial charge is 0.342 e. The van der Waals surface area contributed by atoms with Gasteiger partial charge in [-0.15, -0.1) is 0 Å². The normalized spacial score (nSPS) is 23.7. The first-order valence-electron chi connectivity index (χ1n) is 10.2. The summed E-state index contributed by atoms with van der Waals surface area (Å²) in [4.78, 5) is 21.9. The van der Waals surface area contributed by atoms with Crippen LogP contribution in [-0.4, -0.2) is 52.0 Å². The highest BCUT2D eigenvalue weighted by Gasteiger charge is 2.31. The van der Waals surface area contributed by atoms with E-state index >= 15 is 0 Å². The second kappa shape index (κ2) is 8.74. The molecule has 6 nitrogen and oxygen atoms in total. The fourth-order valence-corrected chi connectivity index (χ4v) is 4.54. The summed E-state index contributed by atoms with van der Waals surface area (Å²) in [5, 5.41) is 4.11. The molecule has 1 aromatic carbocycles. The third-order valence-corrected chi connectivity index (χ3v) is 6.28. The van der Waals surface area contributed by atoms with Crippen LogP contribution < -0.4 is 0 Å². The minimum atomic E-state index is 0.0907. The van der Waals surface area contributed by atoms with Crippen molar-refractivity contribution >= 4 is 21.8 Å². The van der Waals surface area contributed by atoms with Crippen LogP contribution in [0.2, 0.25) is 0 Å². The van der Waals surface area contributed by atoms with Crippen molar-refractivity contribution in [1.82, 2.24) is 19.9 Å². The minimum Gasteiger partial charge on any atom is -0.342 e. The monoisotopic (exact) mass is 446 g/mol. The van der Waals surface area contributed by atoms with Gasteiger partial charge in [-0.25, -0.2) is 0 Å². The predicted molar refractivity (Wildman–Crippen MR) is 110 cm³/mol. The molecule has 0 bridgehead atoms. The minimum absolute atomic E-state index is 0.0907. The van der Waals surface area contributed by atoms with Crippen LogP contribution in [0.1, 0.15) is 38.5 Å². The summed E-state index contributed by atoms with van der Waals surface area (Å²) >= 11 is 3.44. The Morgan fingerprint density at radius 3 is 2.75 bits per heavy atom. The molecule has 2 saturated heterocycles. The summed E-state index contributed by atoms with van der Waals surface area (Å²) in [7, 11) is 0. The molecule has 3 heterocycles. The van der Waals surface area contributed by atoms with E-state index in [0.717, 1.165) is 55.5 Å². The molecule has 28 heavy (non-hydrogen) atoms. The van der Waals surface area contributed by atoms with Crippen molar-refractivity contribution in [3.63, 3.8) is 0 Å². The molecule has 2 aromatic rings. The Morgan fingerprint density at radius 2 is 1.96 bits per heavy atom. The number of hydrogen-bond acceptors (Lipinski definition) is 5. The third-order valence-electron chi connectivity index (χ3n) is 5.75. The molecule has 2 atom stereocenters. The molecule has 2 unspecified atom stereocenters. The molecule has 0 saturated carbocycles. The lowest BCUT2D eigenvalue weighted by Gasteiger charge is -2.37. The summed E-state index contributed by atoms with van der Waals surface area (Å²) in [6.45, 7) is 6.42. The Morgan fingerprint density at radius 1 is 1.18 bits per heavy atom. The summed E-state index contributed by atoms with van der Waals surface area (Å²) in [6, 6.07) is 7.86. The average Bonchev–Trinajstić information content (AvgIpc) is 3.16. The van der Waals surface area contributed by atoms with Gasteiger partial charge in [0.1, 0.15) is 0 Å². The first-order chi connectivity index (χ1) is 13.6. The summed E-state index contributed by atoms with van der Waals surface area (Å²) in [5.74, 6) is 2.25. The lowest BCUT2D eigenvalue weighted by molar-refractivity contribution is -0.139. The first kappa shape index (κ1) is 19.6. The molecule has 150 valence electrons. The van der Waals surface area contributed by atoms with E-state index in [4.69, 9.17) is 4.52 Å². The molecule has 1 amide bonds. The van der Waals surface area contributed by atoms with Gasteiger partial charge in [0.05, 0.1) is 12.5 Å². The Bertz CT molecular complexity index is 807. The van der Waals surface area contributed by atoms with E-state index in [1.165, 1.54) is 6.42 Å². The summed E-state index contributed by atoms with van der Waals surface area (Å²) in [5.41, 5.74) is 0.934. The number of carbonyl (C=O) groups is 1. The van der Waals surface area contributed by atoms with Gasteiger partial charge in [0.25, 0.3) is 0 Å². The van der Waals surface area contributed by atoms with Crippen LogP contribution in [0.3, 0.4) is 0 Å². The standard InChI is InChI=1S/C21H27BrN4O2/c1-15-4-2-11-26(12-15)21(27)17-5-3-10-25(13-17)14-19-23-20(24-28-19)16-6-8-18(22)9-7-16/h6-9,15,17H,2-5,10-14H2,1H3. The fraction of sp³-hybridized carbons (Fsp3) is 0.571. The van der Waals surface area contributed by atoms with Crippen LogP contribution in [-0.2, 0) is 11.3 Å². The molecule has 0 radical (unpaired) electrons. The third kappa shape index (κ3) is 4.63. The van der Waals surface area contributed by atoms with Crippen molar-refractivity contribution in [1.29, 1.82) is 0 Å². The SMILES string of the molecule is CC1CCCN(C(=O)C2CCCN(Cc3nc(-c4ccc(Br)cc4)no3)C2)C1. The quantitative estimate of drug-likeness (QED) is 0.710. The predicted octanol–water partition coefficient (Wildman–Crippen LogP) is 3.97. The summed E-state index contributed by atoms with van der Waals surface area (Å²) < 4.78 is 6.49. The molecule has 0 aliphatic carbocycles. The highest BCUT2D eigenvalue weighted by Crippen LogP contribution is 2.24. The van der Waals surface area contributed by atoms with E-state index in [1.54, 1.807) is 0 Å². The smallest absolute Gasteiger partial charge is 0.241 e. The number of benzene rings is 1. The van der Waals surface area contributed by atoms with Crippen molar-refractivity contribution in [2.75, 3.05) is 26.2 Å². The van der Waals surface area contributed by atoms with Gasteiger partial charge in [-0.3, -0.25) is 9.69 Å². The number of halogens is 1. The second-order valence-electron chi connectivity index (χ2n) is 8.12. The Kier molecular flexibility index (Phi) is 6.11. The van der Waals surface area contributed by atoms with Gasteiger partial charge in [-0.05, 0) is 62.4 Å². The van der Waals surface area contributed by atoms with Crippen molar-refractivity contribution < 1.29 is 9.32 Å². The number of rotatable bonds is 4. The maximum absolute atomic E-state index is 13.0. The summed E-state index contributed by atoms with van der Waals surface area (Å²) in [6.07, 6.45) is 4.38. The van der Waals surface area contributed by atoms with Crippen LogP contribution >= 0.6 is 15.9 Å². The van der Waals surface area contributed by atoms with Crippen molar-refractivity contribution in [2.45, 2.75) is 39.2 Å². The van der Waals surface area contributed by atoms with Crippen LogP contribution in [0.15, 0.2) is 33.3 Å². The fourth-order valence-electron chi connectivity index (χ4n) is 4.28. The van der Waals surface area contributed by atoms with E-state index < -0.39 is 0 Å². The van der Waals surface area contributed by atoms with Gasteiger partial charge in [0, 0.05) is 29.7 Å². The van der Waals surface area contributed by atoms with E-state index in [-0.39, 0.29) is 5.92 Å². The molecular formula is C21H27BrN4O2. The molecule has 1 aromatic heterocycles. The maximum Gasteiger partial charge on any atom is 0.241 e. The van der Waals surface area contributed by atoms with Crippen LogP contribution in [0.25, 0.3) is 11.4 Å². The molecule has 4 rings (SSSR count). The highest BCUT2D eigenvalue weighted by atomic mass is 79.9. The topological polar surface area (TPSA) is 62.5 Å². The highest BCUT2D eigenvalue weighted by molar-refractivity contribution is 9.10. The lowest BCUT2D eigenvalue weighted by atomic mass is 9.93. The molecule has 0 N–H and O–H groups in total. The molecule has 2 aliphatic rings. The van der Waals surface area contributed by atoms with Crippen LogP contribution in [0.4, 0.5) is 0 Å². The van der Waals surface area contributed by atoms with Crippen LogP contribution in [0, 0.1) is 11.8 Å². The Hall–Kier alpha value is -1.73. The Labute approximate surface area is 174 Å². The van der Waals surface area contributed by atoms with E-state index in [0.29, 0.717) is 30.1 Å². The number of piperidine rings is 2. The van der Waals surface area contributed by atoms with Crippen LogP contribution in [0.5, 0.6) is 0 Å². The number of amides is 1. The Balaban J connectivity index is 1.36. The van der Waals surface area contributed by atoms with E-state index in [2.05, 4.69) is 42.8 Å². The maximum atomic E-state index is 13.0. The first-order valence-corrected chi connectivity index (χ1v) is 11.0. The van der Waals surface area contributed by atoms with Gasteiger partial charge in [-0.1, -0.05) is 28.0 Å². The molecule has 7 heteroatoms. The zero-order valence-corrected chi connectivity index (χ0v) is 17.9. The zero-order valence-electron chi connectivity index (χ0n) is 16.3.